The van der Waals surface area contributed by atoms with Gasteiger partial charge < -0.3 is 28.8 Å². The molecule has 2 aliphatic rings. The number of aromatic nitrogens is 4. The molecule has 0 bridgehead atoms. The van der Waals surface area contributed by atoms with Crippen LogP contribution >= 0.6 is 0 Å². The van der Waals surface area contributed by atoms with Gasteiger partial charge in [0.25, 0.3) is 6.01 Å². The maximum Gasteiger partial charge on any atom is 0.295 e. The Kier molecular flexibility index (Phi) is 5.65. The van der Waals surface area contributed by atoms with Crippen molar-refractivity contribution in [2.24, 2.45) is 0 Å². The van der Waals surface area contributed by atoms with Crippen LogP contribution in [0.1, 0.15) is 5.89 Å². The molecule has 198 valence electrons. The van der Waals surface area contributed by atoms with E-state index in [-0.39, 0.29) is 35.8 Å². The van der Waals surface area contributed by atoms with Gasteiger partial charge in [-0.1, -0.05) is 53.7 Å². The van der Waals surface area contributed by atoms with Gasteiger partial charge in [-0.3, -0.25) is 0 Å². The van der Waals surface area contributed by atoms with E-state index < -0.39 is 36.1 Å². The van der Waals surface area contributed by atoms with Crippen molar-refractivity contribution in [1.29, 1.82) is 0 Å². The molecule has 2 aromatic heterocycles. The second-order valence-corrected chi connectivity index (χ2v) is 9.60. The second-order valence-electron chi connectivity index (χ2n) is 9.60. The van der Waals surface area contributed by atoms with Crippen LogP contribution in [0, 0.1) is 18.6 Å². The molecule has 39 heavy (non-hydrogen) atoms. The lowest BCUT2D eigenvalue weighted by atomic mass is 9.98. The van der Waals surface area contributed by atoms with Crippen molar-refractivity contribution >= 4 is 11.0 Å². The smallest absolute Gasteiger partial charge is 0.295 e. The van der Waals surface area contributed by atoms with Gasteiger partial charge in [-0.25, -0.2) is 8.78 Å². The number of ether oxygens (including phenoxy) is 3. The van der Waals surface area contributed by atoms with Crippen molar-refractivity contribution in [3.05, 3.63) is 72.1 Å². The number of nitrogens with zero attached hydrogens (tertiary/aromatic N) is 3. The third kappa shape index (κ3) is 4.15. The van der Waals surface area contributed by atoms with Crippen LogP contribution in [0.15, 0.2) is 59.1 Å². The van der Waals surface area contributed by atoms with Crippen molar-refractivity contribution in [1.82, 2.24) is 20.1 Å². The summed E-state index contributed by atoms with van der Waals surface area (Å²) in [6, 6.07) is 15.8. The minimum atomic E-state index is -0.795. The predicted octanol–water partition coefficient (Wildman–Crippen LogP) is 4.44. The first kappa shape index (κ1) is 23.9. The van der Waals surface area contributed by atoms with Crippen molar-refractivity contribution in [3.8, 4) is 39.7 Å². The largest absolute Gasteiger partial charge is 0.456 e. The van der Waals surface area contributed by atoms with E-state index in [1.807, 2.05) is 24.3 Å². The van der Waals surface area contributed by atoms with Gasteiger partial charge in [0.1, 0.15) is 29.6 Å². The zero-order valence-electron chi connectivity index (χ0n) is 20.6. The van der Waals surface area contributed by atoms with Crippen molar-refractivity contribution < 1.29 is 32.6 Å². The number of hydrogen-bond donors (Lipinski definition) is 2. The topological polar surface area (TPSA) is 116 Å². The minimum Gasteiger partial charge on any atom is -0.456 e. The highest BCUT2D eigenvalue weighted by Gasteiger charge is 2.48. The maximum absolute atomic E-state index is 15.6. The predicted molar refractivity (Wildman–Crippen MR) is 135 cm³/mol. The highest BCUT2D eigenvalue weighted by atomic mass is 19.1. The van der Waals surface area contributed by atoms with Crippen LogP contribution in [0.3, 0.4) is 0 Å². The lowest BCUT2D eigenvalue weighted by Crippen LogP contribution is -2.34. The number of aliphatic hydroxyl groups is 1. The number of halogens is 2. The van der Waals surface area contributed by atoms with Gasteiger partial charge in [0.2, 0.25) is 11.7 Å². The summed E-state index contributed by atoms with van der Waals surface area (Å²) in [4.78, 5) is 11.3. The average Bonchev–Trinajstić information content (AvgIpc) is 3.72. The summed E-state index contributed by atoms with van der Waals surface area (Å²) in [5, 5.41) is 13.8. The van der Waals surface area contributed by atoms with Gasteiger partial charge in [-0.2, -0.15) is 9.97 Å². The molecule has 0 spiro atoms. The third-order valence-corrected chi connectivity index (χ3v) is 7.07. The van der Waals surface area contributed by atoms with Crippen LogP contribution in [-0.2, 0) is 9.47 Å². The molecule has 5 aromatic rings. The molecule has 2 saturated heterocycles. The Morgan fingerprint density at radius 2 is 1.56 bits per heavy atom. The first-order valence-electron chi connectivity index (χ1n) is 12.4. The molecular weight excluding hydrogens is 510 g/mol. The summed E-state index contributed by atoms with van der Waals surface area (Å²) in [6.45, 7) is 2.08. The van der Waals surface area contributed by atoms with Gasteiger partial charge in [-0.05, 0) is 16.7 Å². The molecule has 0 unspecified atom stereocenters. The maximum atomic E-state index is 15.6. The monoisotopic (exact) mass is 532 g/mol. The van der Waals surface area contributed by atoms with E-state index >= 15 is 8.78 Å². The van der Waals surface area contributed by atoms with Crippen molar-refractivity contribution in [2.45, 2.75) is 31.3 Å². The average molecular weight is 533 g/mol. The van der Waals surface area contributed by atoms with E-state index in [4.69, 9.17) is 18.7 Å². The molecule has 0 radical (unpaired) electrons. The number of aryl methyl sites for hydroxylation is 1. The minimum absolute atomic E-state index is 0.0227. The quantitative estimate of drug-likeness (QED) is 0.342. The second kappa shape index (κ2) is 9.23. The number of benzene rings is 3. The summed E-state index contributed by atoms with van der Waals surface area (Å²) in [7, 11) is 0. The van der Waals surface area contributed by atoms with Crippen LogP contribution in [0.5, 0.6) is 6.01 Å². The molecule has 0 aliphatic carbocycles. The van der Waals surface area contributed by atoms with Crippen LogP contribution in [0.2, 0.25) is 0 Å². The van der Waals surface area contributed by atoms with Crippen LogP contribution in [-0.4, -0.2) is 62.8 Å². The summed E-state index contributed by atoms with van der Waals surface area (Å²) >= 11 is 0. The molecule has 2 fully saturated rings. The Morgan fingerprint density at radius 1 is 0.897 bits per heavy atom. The van der Waals surface area contributed by atoms with Crippen molar-refractivity contribution in [3.63, 3.8) is 0 Å². The number of imidazole rings is 1. The Bertz CT molecular complexity index is 1670. The molecule has 3 aromatic carbocycles. The molecule has 4 heterocycles. The number of fused-ring (bicyclic) bond motifs is 2. The SMILES string of the molecule is Cc1nc(-c2ccc(-c3ccc(-c4c(F)cc5[nH]c(O[C@@H]6CO[C@H]7[C@@H]6OC[C@H]7O)nc5c4F)cc3)cc2)no1. The first-order chi connectivity index (χ1) is 18.9. The zero-order chi connectivity index (χ0) is 26.7. The molecule has 2 aliphatic heterocycles. The highest BCUT2D eigenvalue weighted by Crippen LogP contribution is 2.35. The van der Waals surface area contributed by atoms with Gasteiger partial charge >= 0.3 is 0 Å². The van der Waals surface area contributed by atoms with E-state index in [2.05, 4.69) is 20.1 Å². The zero-order valence-corrected chi connectivity index (χ0v) is 20.6. The van der Waals surface area contributed by atoms with E-state index in [0.717, 1.165) is 16.7 Å². The van der Waals surface area contributed by atoms with Crippen LogP contribution < -0.4 is 4.74 Å². The molecule has 7 rings (SSSR count). The Morgan fingerprint density at radius 3 is 2.26 bits per heavy atom. The fourth-order valence-corrected chi connectivity index (χ4v) is 5.12. The highest BCUT2D eigenvalue weighted by molar-refractivity contribution is 5.84. The Balaban J connectivity index is 1.14. The Hall–Kier alpha value is -4.19. The normalized spacial score (nSPS) is 22.5. The third-order valence-electron chi connectivity index (χ3n) is 7.07. The fourth-order valence-electron chi connectivity index (χ4n) is 5.12. The molecule has 0 saturated carbocycles. The van der Waals surface area contributed by atoms with Gasteiger partial charge in [0.15, 0.2) is 11.9 Å². The summed E-state index contributed by atoms with van der Waals surface area (Å²) < 4.78 is 52.6. The number of aliphatic hydroxyl groups excluding tert-OH is 1. The van der Waals surface area contributed by atoms with E-state index in [0.29, 0.717) is 17.3 Å². The molecule has 4 atom stereocenters. The van der Waals surface area contributed by atoms with E-state index in [9.17, 15) is 5.11 Å². The number of rotatable bonds is 5. The van der Waals surface area contributed by atoms with Crippen LogP contribution in [0.4, 0.5) is 8.78 Å². The van der Waals surface area contributed by atoms with Gasteiger partial charge in [-0.15, -0.1) is 0 Å². The van der Waals surface area contributed by atoms with Gasteiger partial charge in [0.05, 0.1) is 24.3 Å². The summed E-state index contributed by atoms with van der Waals surface area (Å²) in [5.74, 6) is -0.526. The number of hydrogen-bond acceptors (Lipinski definition) is 8. The number of nitrogens with one attached hydrogen (secondary N) is 1. The molecule has 9 nitrogen and oxygen atoms in total. The fraction of sp³-hybridized carbons (Fsp3) is 0.250. The Labute approximate surface area is 220 Å². The number of H-pyrrole nitrogens is 1. The lowest BCUT2D eigenvalue weighted by Gasteiger charge is -2.15. The summed E-state index contributed by atoms with van der Waals surface area (Å²) in [5.41, 5.74) is 2.94. The summed E-state index contributed by atoms with van der Waals surface area (Å²) in [6.07, 6.45) is -2.18. The van der Waals surface area contributed by atoms with E-state index in [1.165, 1.54) is 6.07 Å². The van der Waals surface area contributed by atoms with Crippen molar-refractivity contribution in [2.75, 3.05) is 13.2 Å². The molecular formula is C28H22F2N4O5. The van der Waals surface area contributed by atoms with Gasteiger partial charge in [0, 0.05) is 18.6 Å². The van der Waals surface area contributed by atoms with E-state index in [1.54, 1.807) is 31.2 Å². The molecule has 2 N–H and O–H groups in total. The standard InChI is InChI=1S/C28H22F2N4O5/c1-13-31-27(34-39-13)17-8-4-15(5-9-17)14-2-6-16(7-3-14)22-18(29)10-19-24(23(22)30)33-28(32-19)38-21-12-37-25-20(35)11-36-26(21)25/h2-10,20-21,25-26,35H,11-12H2,1H3,(H,32,33)/t20-,21-,25-,26-/m1/s1. The van der Waals surface area contributed by atoms with Crippen LogP contribution in [0.25, 0.3) is 44.7 Å². The number of aromatic amines is 1. The first-order valence-corrected chi connectivity index (χ1v) is 12.4. The lowest BCUT2D eigenvalue weighted by molar-refractivity contribution is 0.00706. The molecule has 0 amide bonds. The molecule has 11 heteroatoms.